The van der Waals surface area contributed by atoms with Gasteiger partial charge in [-0.1, -0.05) is 19.0 Å². The summed E-state index contributed by atoms with van der Waals surface area (Å²) in [5.41, 5.74) is 7.64. The van der Waals surface area contributed by atoms with Gasteiger partial charge in [0.25, 0.3) is 5.91 Å². The van der Waals surface area contributed by atoms with Crippen LogP contribution in [0.15, 0.2) is 23.0 Å². The van der Waals surface area contributed by atoms with Gasteiger partial charge in [0.1, 0.15) is 5.56 Å². The second-order valence-corrected chi connectivity index (χ2v) is 11.8. The molecule has 2 aliphatic rings. The molecule has 2 fully saturated rings. The van der Waals surface area contributed by atoms with Crippen molar-refractivity contribution >= 4 is 17.5 Å². The summed E-state index contributed by atoms with van der Waals surface area (Å²) in [6.45, 7) is 3.66. The highest BCUT2D eigenvalue weighted by atomic mass is 19.4. The molecule has 2 amide bonds. The Bertz CT molecular complexity index is 1450. The molecule has 9 nitrogen and oxygen atoms in total. The standard InChI is InChI=1S/C28H33F5N6O3/c1-14(2)23-22(26(34)41)25(42-38-23)21(15-5-8-27(29,30)9-6-15)18-13-39-19(36-18)11-17(12-35-39)24(16-3-4-16)37-20(40)7-10-28(31,32)33/h11-16,21,24H,3-10H2,1-2H3,(H2,34,41)(H,37,40)/t21-,24+/m0/s1. The van der Waals surface area contributed by atoms with E-state index in [9.17, 15) is 31.5 Å². The van der Waals surface area contributed by atoms with Crippen LogP contribution in [0.2, 0.25) is 0 Å². The number of rotatable bonds is 10. The molecule has 3 aromatic rings. The van der Waals surface area contributed by atoms with Crippen molar-refractivity contribution in [3.63, 3.8) is 0 Å². The third-order valence-electron chi connectivity index (χ3n) is 8.14. The van der Waals surface area contributed by atoms with Crippen LogP contribution in [0.3, 0.4) is 0 Å². The summed E-state index contributed by atoms with van der Waals surface area (Å²) in [5.74, 6) is -5.20. The van der Waals surface area contributed by atoms with Gasteiger partial charge in [0.05, 0.1) is 42.2 Å². The average Bonchev–Trinajstić information content (AvgIpc) is 3.50. The molecule has 42 heavy (non-hydrogen) atoms. The normalized spacial score (nSPS) is 19.2. The van der Waals surface area contributed by atoms with Crippen LogP contribution in [-0.4, -0.2) is 43.7 Å². The van der Waals surface area contributed by atoms with Crippen molar-refractivity contribution in [3.8, 4) is 0 Å². The number of halogens is 5. The molecule has 5 rings (SSSR count). The molecule has 228 valence electrons. The van der Waals surface area contributed by atoms with Gasteiger partial charge in [0, 0.05) is 19.3 Å². The van der Waals surface area contributed by atoms with E-state index in [1.807, 2.05) is 13.8 Å². The molecule has 0 bridgehead atoms. The van der Waals surface area contributed by atoms with Crippen molar-refractivity contribution in [1.29, 1.82) is 0 Å². The molecular formula is C28H33F5N6O3. The molecule has 2 aliphatic carbocycles. The summed E-state index contributed by atoms with van der Waals surface area (Å²) in [4.78, 5) is 29.6. The molecule has 0 aromatic carbocycles. The van der Waals surface area contributed by atoms with Gasteiger partial charge in [0.2, 0.25) is 11.8 Å². The zero-order chi connectivity index (χ0) is 30.4. The lowest BCUT2D eigenvalue weighted by Crippen LogP contribution is -2.30. The molecule has 0 aliphatic heterocycles. The van der Waals surface area contributed by atoms with Gasteiger partial charge in [-0.15, -0.1) is 0 Å². The Morgan fingerprint density at radius 1 is 1.17 bits per heavy atom. The number of nitrogens with one attached hydrogen (secondary N) is 1. The number of nitrogens with zero attached hydrogens (tertiary/aromatic N) is 4. The molecule has 3 heterocycles. The molecule has 2 saturated carbocycles. The predicted molar refractivity (Wildman–Crippen MR) is 140 cm³/mol. The lowest BCUT2D eigenvalue weighted by Gasteiger charge is -2.32. The number of hydrogen-bond donors (Lipinski definition) is 2. The van der Waals surface area contributed by atoms with Crippen molar-refractivity contribution in [2.24, 2.45) is 17.6 Å². The van der Waals surface area contributed by atoms with Gasteiger partial charge < -0.3 is 15.6 Å². The Hall–Kier alpha value is -3.58. The first-order valence-electron chi connectivity index (χ1n) is 14.1. The molecule has 3 aromatic heterocycles. The van der Waals surface area contributed by atoms with E-state index >= 15 is 0 Å². The SMILES string of the molecule is CC(C)c1noc([C@H](c2cn3ncc([C@H](NC(=O)CCC(F)(F)F)C4CC4)cc3n2)C2CCC(F)(F)CC2)c1C(N)=O. The number of imidazole rings is 1. The van der Waals surface area contributed by atoms with Crippen molar-refractivity contribution in [1.82, 2.24) is 25.1 Å². The first-order chi connectivity index (χ1) is 19.7. The highest BCUT2D eigenvalue weighted by molar-refractivity contribution is 5.95. The largest absolute Gasteiger partial charge is 0.389 e. The molecule has 3 N–H and O–H groups in total. The van der Waals surface area contributed by atoms with E-state index in [1.54, 1.807) is 12.3 Å². The Morgan fingerprint density at radius 2 is 1.86 bits per heavy atom. The smallest absolute Gasteiger partial charge is 0.365 e. The molecule has 0 radical (unpaired) electrons. The van der Waals surface area contributed by atoms with Crippen molar-refractivity contribution in [2.75, 3.05) is 0 Å². The number of carbonyl (C=O) groups excluding carboxylic acids is 2. The van der Waals surface area contributed by atoms with Crippen LogP contribution < -0.4 is 11.1 Å². The lowest BCUT2D eigenvalue weighted by atomic mass is 9.75. The van der Waals surface area contributed by atoms with Crippen molar-refractivity contribution in [3.05, 3.63) is 46.7 Å². The summed E-state index contributed by atoms with van der Waals surface area (Å²) >= 11 is 0. The minimum absolute atomic E-state index is 0.0666. The Labute approximate surface area is 238 Å². The van der Waals surface area contributed by atoms with Crippen LogP contribution in [0.25, 0.3) is 5.65 Å². The number of alkyl halides is 5. The monoisotopic (exact) mass is 596 g/mol. The first kappa shape index (κ1) is 29.9. The van der Waals surface area contributed by atoms with Gasteiger partial charge in [-0.3, -0.25) is 9.59 Å². The fourth-order valence-electron chi connectivity index (χ4n) is 5.79. The van der Waals surface area contributed by atoms with Crippen LogP contribution in [-0.2, 0) is 4.79 Å². The van der Waals surface area contributed by atoms with Gasteiger partial charge in [-0.25, -0.2) is 18.3 Å². The van der Waals surface area contributed by atoms with Gasteiger partial charge in [-0.05, 0) is 55.1 Å². The Kier molecular flexibility index (Phi) is 8.01. The van der Waals surface area contributed by atoms with Crippen LogP contribution in [0, 0.1) is 11.8 Å². The Balaban J connectivity index is 1.49. The molecular weight excluding hydrogens is 563 g/mol. The zero-order valence-electron chi connectivity index (χ0n) is 23.3. The van der Waals surface area contributed by atoms with Crippen LogP contribution in [0.5, 0.6) is 0 Å². The fraction of sp³-hybridized carbons (Fsp3) is 0.607. The minimum Gasteiger partial charge on any atom is -0.365 e. The van der Waals surface area contributed by atoms with E-state index in [4.69, 9.17) is 15.2 Å². The number of amides is 2. The van der Waals surface area contributed by atoms with Crippen LogP contribution in [0.1, 0.15) is 116 Å². The summed E-state index contributed by atoms with van der Waals surface area (Å²) in [6.07, 6.45) is -1.86. The van der Waals surface area contributed by atoms with Crippen LogP contribution >= 0.6 is 0 Å². The third-order valence-corrected chi connectivity index (χ3v) is 8.14. The summed E-state index contributed by atoms with van der Waals surface area (Å²) in [5, 5.41) is 11.2. The minimum atomic E-state index is -4.43. The highest BCUT2D eigenvalue weighted by Crippen LogP contribution is 2.46. The maximum absolute atomic E-state index is 14.1. The topological polar surface area (TPSA) is 128 Å². The summed E-state index contributed by atoms with van der Waals surface area (Å²) in [7, 11) is 0. The second kappa shape index (κ2) is 11.3. The number of hydrogen-bond acceptors (Lipinski definition) is 6. The van der Waals surface area contributed by atoms with E-state index in [1.165, 1.54) is 10.7 Å². The molecule has 0 spiro atoms. The summed E-state index contributed by atoms with van der Waals surface area (Å²) < 4.78 is 73.2. The number of nitrogens with two attached hydrogens (primary N) is 1. The number of carbonyl (C=O) groups is 2. The molecule has 14 heteroatoms. The van der Waals surface area contributed by atoms with E-state index in [0.29, 0.717) is 22.6 Å². The van der Waals surface area contributed by atoms with Crippen LogP contribution in [0.4, 0.5) is 22.0 Å². The quantitative estimate of drug-likeness (QED) is 0.285. The maximum atomic E-state index is 14.1. The average molecular weight is 597 g/mol. The van der Waals surface area contributed by atoms with E-state index in [2.05, 4.69) is 15.6 Å². The maximum Gasteiger partial charge on any atom is 0.389 e. The number of aromatic nitrogens is 4. The van der Waals surface area contributed by atoms with Gasteiger partial charge in [0.15, 0.2) is 11.4 Å². The highest BCUT2D eigenvalue weighted by Gasteiger charge is 2.43. The fourth-order valence-corrected chi connectivity index (χ4v) is 5.79. The van der Waals surface area contributed by atoms with Crippen molar-refractivity contribution in [2.45, 2.75) is 95.2 Å². The number of primary amides is 1. The van der Waals surface area contributed by atoms with E-state index in [-0.39, 0.29) is 54.8 Å². The molecule has 0 saturated heterocycles. The molecule has 2 atom stereocenters. The second-order valence-electron chi connectivity index (χ2n) is 11.8. The van der Waals surface area contributed by atoms with Gasteiger partial charge in [-0.2, -0.15) is 18.3 Å². The van der Waals surface area contributed by atoms with Gasteiger partial charge >= 0.3 is 6.18 Å². The van der Waals surface area contributed by atoms with E-state index < -0.39 is 48.7 Å². The van der Waals surface area contributed by atoms with Crippen molar-refractivity contribution < 1.29 is 36.1 Å². The molecule has 0 unspecified atom stereocenters. The third kappa shape index (κ3) is 6.57. The zero-order valence-corrected chi connectivity index (χ0v) is 23.3. The number of fused-ring (bicyclic) bond motifs is 1. The van der Waals surface area contributed by atoms with E-state index in [0.717, 1.165) is 12.8 Å². The first-order valence-corrected chi connectivity index (χ1v) is 14.1. The summed E-state index contributed by atoms with van der Waals surface area (Å²) in [6, 6.07) is 1.17. The Morgan fingerprint density at radius 3 is 2.45 bits per heavy atom. The predicted octanol–water partition coefficient (Wildman–Crippen LogP) is 5.81. The lowest BCUT2D eigenvalue weighted by molar-refractivity contribution is -0.144.